The molecule has 2 aromatic rings. The van der Waals surface area contributed by atoms with Crippen LogP contribution in [0.25, 0.3) is 0 Å². The molecule has 0 amide bonds. The molecule has 16 heavy (non-hydrogen) atoms. The van der Waals surface area contributed by atoms with E-state index in [1.807, 2.05) is 22.1 Å². The highest BCUT2D eigenvalue weighted by atomic mass is 32.1. The third-order valence-electron chi connectivity index (χ3n) is 2.22. The largest absolute Gasteiger partial charge is 0.335 e. The molecule has 0 bridgehead atoms. The van der Waals surface area contributed by atoms with Crippen LogP contribution in [-0.2, 0) is 13.0 Å². The van der Waals surface area contributed by atoms with E-state index in [9.17, 15) is 4.79 Å². The number of hydrogen-bond donors (Lipinski definition) is 1. The number of nitrogens with two attached hydrogens (primary N) is 1. The van der Waals surface area contributed by atoms with Crippen molar-refractivity contribution in [1.82, 2.24) is 9.55 Å². The van der Waals surface area contributed by atoms with Gasteiger partial charge in [-0.25, -0.2) is 4.98 Å². The van der Waals surface area contributed by atoms with Gasteiger partial charge in [0.15, 0.2) is 5.78 Å². The Balaban J connectivity index is 2.03. The smallest absolute Gasteiger partial charge is 0.187 e. The summed E-state index contributed by atoms with van der Waals surface area (Å²) in [5.41, 5.74) is 5.94. The molecule has 0 aliphatic rings. The van der Waals surface area contributed by atoms with Crippen LogP contribution in [0.4, 0.5) is 0 Å². The van der Waals surface area contributed by atoms with Crippen LogP contribution in [0.5, 0.6) is 0 Å². The zero-order valence-electron chi connectivity index (χ0n) is 8.80. The van der Waals surface area contributed by atoms with Crippen LogP contribution >= 0.6 is 11.3 Å². The monoisotopic (exact) mass is 235 g/mol. The maximum Gasteiger partial charge on any atom is 0.187 e. The Labute approximate surface area is 97.7 Å². The Morgan fingerprint density at radius 3 is 3.12 bits per heavy atom. The van der Waals surface area contributed by atoms with E-state index in [-0.39, 0.29) is 5.78 Å². The Morgan fingerprint density at radius 1 is 1.56 bits per heavy atom. The van der Waals surface area contributed by atoms with Crippen LogP contribution < -0.4 is 5.73 Å². The number of aromatic nitrogens is 2. The number of carbonyl (C=O) groups is 1. The highest BCUT2D eigenvalue weighted by molar-refractivity contribution is 7.10. The molecule has 0 spiro atoms. The van der Waals surface area contributed by atoms with Crippen LogP contribution in [-0.4, -0.2) is 21.9 Å². The maximum absolute atomic E-state index is 11.8. The van der Waals surface area contributed by atoms with Crippen molar-refractivity contribution in [2.24, 2.45) is 5.73 Å². The molecule has 2 aromatic heterocycles. The van der Waals surface area contributed by atoms with Crippen molar-refractivity contribution in [3.63, 3.8) is 0 Å². The molecule has 2 N–H and O–H groups in total. The topological polar surface area (TPSA) is 60.9 Å². The molecular formula is C11H13N3OS. The first-order valence-corrected chi connectivity index (χ1v) is 5.95. The molecule has 84 valence electrons. The quantitative estimate of drug-likeness (QED) is 0.795. The molecule has 0 saturated heterocycles. The molecule has 0 unspecified atom stereocenters. The highest BCUT2D eigenvalue weighted by Crippen LogP contribution is 2.11. The fraction of sp³-hybridized carbons (Fsp3) is 0.273. The Kier molecular flexibility index (Phi) is 3.48. The average Bonchev–Trinajstić information content (AvgIpc) is 2.89. The Morgan fingerprint density at radius 2 is 2.44 bits per heavy atom. The first-order valence-electron chi connectivity index (χ1n) is 5.07. The van der Waals surface area contributed by atoms with Crippen LogP contribution in [0.15, 0.2) is 30.0 Å². The molecule has 5 heteroatoms. The van der Waals surface area contributed by atoms with Crippen molar-refractivity contribution >= 4 is 17.1 Å². The van der Waals surface area contributed by atoms with Crippen LogP contribution in [0, 0.1) is 0 Å². The summed E-state index contributed by atoms with van der Waals surface area (Å²) in [7, 11) is 0. The second kappa shape index (κ2) is 5.05. The molecule has 0 radical (unpaired) electrons. The zero-order chi connectivity index (χ0) is 11.4. The second-order valence-electron chi connectivity index (χ2n) is 3.46. The number of thiophene rings is 1. The van der Waals surface area contributed by atoms with E-state index >= 15 is 0 Å². The van der Waals surface area contributed by atoms with Gasteiger partial charge in [-0.3, -0.25) is 4.79 Å². The molecule has 0 aliphatic heterocycles. The van der Waals surface area contributed by atoms with Crippen molar-refractivity contribution in [2.75, 3.05) is 6.54 Å². The molecular weight excluding hydrogens is 222 g/mol. The van der Waals surface area contributed by atoms with Gasteiger partial charge in [0.2, 0.25) is 0 Å². The second-order valence-corrected chi connectivity index (χ2v) is 4.50. The van der Waals surface area contributed by atoms with Gasteiger partial charge < -0.3 is 10.3 Å². The molecule has 0 atom stereocenters. The first-order chi connectivity index (χ1) is 7.79. The average molecular weight is 235 g/mol. The van der Waals surface area contributed by atoms with Gasteiger partial charge in [-0.2, -0.15) is 0 Å². The van der Waals surface area contributed by atoms with Gasteiger partial charge in [-0.1, -0.05) is 6.07 Å². The number of imidazole rings is 1. The van der Waals surface area contributed by atoms with Crippen molar-refractivity contribution < 1.29 is 4.79 Å². The molecule has 2 heterocycles. The van der Waals surface area contributed by atoms with Gasteiger partial charge >= 0.3 is 0 Å². The SMILES string of the molecule is NCCn1cnc(C(=O)Cc2cccs2)c1. The van der Waals surface area contributed by atoms with Gasteiger partial charge in [0.05, 0.1) is 6.33 Å². The van der Waals surface area contributed by atoms with E-state index in [0.717, 1.165) is 4.88 Å². The fourth-order valence-electron chi connectivity index (χ4n) is 1.44. The fourth-order valence-corrected chi connectivity index (χ4v) is 2.14. The third-order valence-corrected chi connectivity index (χ3v) is 3.10. The molecule has 4 nitrogen and oxygen atoms in total. The summed E-state index contributed by atoms with van der Waals surface area (Å²) < 4.78 is 1.83. The molecule has 0 fully saturated rings. The number of carbonyl (C=O) groups excluding carboxylic acids is 1. The highest BCUT2D eigenvalue weighted by Gasteiger charge is 2.10. The van der Waals surface area contributed by atoms with Gasteiger partial charge in [-0.05, 0) is 11.4 Å². The van der Waals surface area contributed by atoms with Crippen molar-refractivity contribution in [2.45, 2.75) is 13.0 Å². The lowest BCUT2D eigenvalue weighted by Gasteiger charge is -1.96. The van der Waals surface area contributed by atoms with E-state index in [1.165, 1.54) is 0 Å². The standard InChI is InChI=1S/C11H13N3OS/c12-3-4-14-7-10(13-8-14)11(15)6-9-2-1-5-16-9/h1-2,5,7-8H,3-4,6,12H2. The normalized spacial score (nSPS) is 10.6. The van der Waals surface area contributed by atoms with E-state index in [0.29, 0.717) is 25.2 Å². The summed E-state index contributed by atoms with van der Waals surface area (Å²) in [6.45, 7) is 1.24. The molecule has 0 aromatic carbocycles. The van der Waals surface area contributed by atoms with Crippen molar-refractivity contribution in [1.29, 1.82) is 0 Å². The maximum atomic E-state index is 11.8. The summed E-state index contributed by atoms with van der Waals surface area (Å²) >= 11 is 1.59. The zero-order valence-corrected chi connectivity index (χ0v) is 9.61. The first kappa shape index (κ1) is 11.0. The van der Waals surface area contributed by atoms with E-state index < -0.39 is 0 Å². The van der Waals surface area contributed by atoms with Crippen LogP contribution in [0.2, 0.25) is 0 Å². The minimum atomic E-state index is 0.0539. The van der Waals surface area contributed by atoms with Crippen LogP contribution in [0.1, 0.15) is 15.4 Å². The third kappa shape index (κ3) is 2.56. The lowest BCUT2D eigenvalue weighted by molar-refractivity contribution is 0.0989. The lowest BCUT2D eigenvalue weighted by Crippen LogP contribution is -2.08. The van der Waals surface area contributed by atoms with E-state index in [4.69, 9.17) is 5.73 Å². The summed E-state index contributed by atoms with van der Waals surface area (Å²) in [5, 5.41) is 1.97. The summed E-state index contributed by atoms with van der Waals surface area (Å²) in [6, 6.07) is 3.90. The number of Topliss-reactive ketones (excluding diaryl/α,β-unsaturated/α-hetero) is 1. The lowest BCUT2D eigenvalue weighted by atomic mass is 10.2. The minimum absolute atomic E-state index is 0.0539. The summed E-state index contributed by atoms with van der Waals surface area (Å²) in [5.74, 6) is 0.0539. The summed E-state index contributed by atoms with van der Waals surface area (Å²) in [6.07, 6.45) is 3.83. The molecule has 2 rings (SSSR count). The number of hydrogen-bond acceptors (Lipinski definition) is 4. The Bertz CT molecular complexity index is 461. The Hall–Kier alpha value is -1.46. The minimum Gasteiger partial charge on any atom is -0.335 e. The molecule has 0 saturated carbocycles. The number of nitrogens with zero attached hydrogens (tertiary/aromatic N) is 2. The van der Waals surface area contributed by atoms with Crippen molar-refractivity contribution in [3.05, 3.63) is 40.6 Å². The van der Waals surface area contributed by atoms with E-state index in [1.54, 1.807) is 23.9 Å². The van der Waals surface area contributed by atoms with E-state index in [2.05, 4.69) is 4.98 Å². The van der Waals surface area contributed by atoms with Gasteiger partial charge in [0, 0.05) is 30.6 Å². The summed E-state index contributed by atoms with van der Waals surface area (Å²) in [4.78, 5) is 17.0. The van der Waals surface area contributed by atoms with Crippen LogP contribution in [0.3, 0.4) is 0 Å². The number of ketones is 1. The van der Waals surface area contributed by atoms with Crippen molar-refractivity contribution in [3.8, 4) is 0 Å². The predicted octanol–water partition coefficient (Wildman–Crippen LogP) is 1.33. The molecule has 0 aliphatic carbocycles. The predicted molar refractivity (Wildman–Crippen MR) is 63.6 cm³/mol. The van der Waals surface area contributed by atoms with Gasteiger partial charge in [0.1, 0.15) is 5.69 Å². The van der Waals surface area contributed by atoms with Gasteiger partial charge in [-0.15, -0.1) is 11.3 Å². The van der Waals surface area contributed by atoms with Gasteiger partial charge in [0.25, 0.3) is 0 Å². The number of rotatable bonds is 5.